The SMILES string of the molecule is O=C(O)c1cn(C2CC2)c2cc(N3CCN(CC(O)CSc4ncn(Cc5ccc(Cl)cc5Cl)n4)CC3)c(F)cc2c1=O. The van der Waals surface area contributed by atoms with Gasteiger partial charge in [-0.3, -0.25) is 9.69 Å². The van der Waals surface area contributed by atoms with E-state index in [0.29, 0.717) is 71.4 Å². The largest absolute Gasteiger partial charge is 0.477 e. The number of carboxylic acid groups (broad SMARTS) is 1. The number of anilines is 1. The molecular formula is C29H29Cl2FN6O4S. The molecule has 1 aliphatic carbocycles. The molecule has 0 amide bonds. The summed E-state index contributed by atoms with van der Waals surface area (Å²) in [6.45, 7) is 3.25. The molecule has 1 unspecified atom stereocenters. The quantitative estimate of drug-likeness (QED) is 0.242. The van der Waals surface area contributed by atoms with Crippen LogP contribution in [-0.2, 0) is 6.54 Å². The molecule has 2 aromatic heterocycles. The van der Waals surface area contributed by atoms with Crippen LogP contribution in [0.1, 0.15) is 34.8 Å². The molecule has 226 valence electrons. The Hall–Kier alpha value is -3.16. The third-order valence-electron chi connectivity index (χ3n) is 7.72. The van der Waals surface area contributed by atoms with Crippen LogP contribution in [0.5, 0.6) is 0 Å². The van der Waals surface area contributed by atoms with Crippen molar-refractivity contribution >= 4 is 57.5 Å². The number of hydrogen-bond donors (Lipinski definition) is 2. The van der Waals surface area contributed by atoms with Gasteiger partial charge < -0.3 is 19.7 Å². The molecule has 14 heteroatoms. The standard InChI is InChI=1S/C29H29Cl2FN6O4S/c30-18-2-1-17(23(31)9-18)12-37-16-33-29(34-37)43-15-20(39)13-35-5-7-36(8-6-35)26-11-25-21(10-24(26)32)27(40)22(28(41)42)14-38(25)19-3-4-19/h1-2,9-11,14,16,19-20,39H,3-8,12-13,15H2,(H,41,42). The van der Waals surface area contributed by atoms with Gasteiger partial charge in [0, 0.05) is 66.1 Å². The zero-order chi connectivity index (χ0) is 30.2. The number of piperazine rings is 1. The highest BCUT2D eigenvalue weighted by Gasteiger charge is 2.29. The van der Waals surface area contributed by atoms with Crippen LogP contribution in [-0.4, -0.2) is 85.0 Å². The smallest absolute Gasteiger partial charge is 0.341 e. The molecule has 1 saturated heterocycles. The molecule has 0 bridgehead atoms. The molecule has 1 saturated carbocycles. The first-order valence-corrected chi connectivity index (χ1v) is 15.6. The Kier molecular flexibility index (Phi) is 8.65. The lowest BCUT2D eigenvalue weighted by Gasteiger charge is -2.37. The fourth-order valence-electron chi connectivity index (χ4n) is 5.35. The summed E-state index contributed by atoms with van der Waals surface area (Å²) in [5, 5.41) is 26.4. The van der Waals surface area contributed by atoms with E-state index in [9.17, 15) is 19.8 Å². The molecule has 2 fully saturated rings. The van der Waals surface area contributed by atoms with Crippen LogP contribution in [0.25, 0.3) is 10.9 Å². The Balaban J connectivity index is 1.04. The van der Waals surface area contributed by atoms with E-state index in [1.807, 2.05) is 11.0 Å². The summed E-state index contributed by atoms with van der Waals surface area (Å²) >= 11 is 13.6. The molecule has 43 heavy (non-hydrogen) atoms. The maximum atomic E-state index is 15.3. The van der Waals surface area contributed by atoms with E-state index in [1.165, 1.54) is 24.0 Å². The maximum Gasteiger partial charge on any atom is 0.341 e. The van der Waals surface area contributed by atoms with E-state index >= 15 is 4.39 Å². The molecule has 0 spiro atoms. The number of benzene rings is 2. The van der Waals surface area contributed by atoms with Crippen molar-refractivity contribution in [3.8, 4) is 0 Å². The van der Waals surface area contributed by atoms with Gasteiger partial charge in [-0.2, -0.15) is 0 Å². The minimum atomic E-state index is -1.31. The van der Waals surface area contributed by atoms with Gasteiger partial charge in [-0.25, -0.2) is 18.9 Å². The lowest BCUT2D eigenvalue weighted by atomic mass is 10.1. The van der Waals surface area contributed by atoms with Gasteiger partial charge in [0.25, 0.3) is 0 Å². The number of nitrogens with zero attached hydrogens (tertiary/aromatic N) is 6. The number of aromatic carboxylic acids is 1. The van der Waals surface area contributed by atoms with Crippen LogP contribution in [0.3, 0.4) is 0 Å². The summed E-state index contributed by atoms with van der Waals surface area (Å²) in [4.78, 5) is 32.8. The van der Waals surface area contributed by atoms with Gasteiger partial charge in [-0.05, 0) is 42.7 Å². The third-order valence-corrected chi connectivity index (χ3v) is 9.30. The molecule has 10 nitrogen and oxygen atoms in total. The lowest BCUT2D eigenvalue weighted by Crippen LogP contribution is -2.49. The fourth-order valence-corrected chi connectivity index (χ4v) is 6.54. The van der Waals surface area contributed by atoms with Crippen molar-refractivity contribution in [3.05, 3.63) is 80.1 Å². The van der Waals surface area contributed by atoms with Crippen LogP contribution in [0, 0.1) is 5.82 Å². The molecule has 4 aromatic rings. The predicted octanol–water partition coefficient (Wildman–Crippen LogP) is 4.40. The van der Waals surface area contributed by atoms with E-state index in [1.54, 1.807) is 33.8 Å². The summed E-state index contributed by atoms with van der Waals surface area (Å²) in [5.41, 5.74) is 0.802. The van der Waals surface area contributed by atoms with Gasteiger partial charge >= 0.3 is 5.97 Å². The lowest BCUT2D eigenvalue weighted by molar-refractivity contribution is 0.0694. The normalized spacial score (nSPS) is 16.6. The number of carboxylic acids is 1. The summed E-state index contributed by atoms with van der Waals surface area (Å²) in [6.07, 6.45) is 4.18. The van der Waals surface area contributed by atoms with Crippen LogP contribution in [0.4, 0.5) is 10.1 Å². The van der Waals surface area contributed by atoms with Crippen LogP contribution in [0.15, 0.2) is 52.8 Å². The van der Waals surface area contributed by atoms with Crippen molar-refractivity contribution in [3.63, 3.8) is 0 Å². The number of aliphatic hydroxyl groups excluding tert-OH is 1. The van der Waals surface area contributed by atoms with E-state index in [4.69, 9.17) is 23.2 Å². The topological polar surface area (TPSA) is 117 Å². The Morgan fingerprint density at radius 3 is 2.60 bits per heavy atom. The minimum Gasteiger partial charge on any atom is -0.477 e. The molecule has 2 N–H and O–H groups in total. The Labute approximate surface area is 260 Å². The van der Waals surface area contributed by atoms with Crippen LogP contribution < -0.4 is 10.3 Å². The molecule has 3 heterocycles. The molecule has 2 aliphatic rings. The van der Waals surface area contributed by atoms with Gasteiger partial charge in [-0.1, -0.05) is 41.0 Å². The second-order valence-corrected chi connectivity index (χ2v) is 12.7. The monoisotopic (exact) mass is 646 g/mol. The first-order valence-electron chi connectivity index (χ1n) is 13.9. The summed E-state index contributed by atoms with van der Waals surface area (Å²) in [7, 11) is 0. The number of β-amino-alcohol motifs (C(OH)–C–C–N with tert-alkyl or cyclic N) is 1. The molecule has 1 aliphatic heterocycles. The maximum absolute atomic E-state index is 15.3. The summed E-state index contributed by atoms with van der Waals surface area (Å²) < 4.78 is 18.8. The highest BCUT2D eigenvalue weighted by Crippen LogP contribution is 2.38. The first kappa shape index (κ1) is 29.9. The van der Waals surface area contributed by atoms with Crippen molar-refractivity contribution in [1.29, 1.82) is 0 Å². The van der Waals surface area contributed by atoms with Crippen molar-refractivity contribution in [2.75, 3.05) is 43.4 Å². The highest BCUT2D eigenvalue weighted by molar-refractivity contribution is 7.99. The van der Waals surface area contributed by atoms with Crippen molar-refractivity contribution < 1.29 is 19.4 Å². The predicted molar refractivity (Wildman–Crippen MR) is 164 cm³/mol. The highest BCUT2D eigenvalue weighted by atomic mass is 35.5. The Bertz CT molecular complexity index is 1740. The van der Waals surface area contributed by atoms with Crippen LogP contribution >= 0.6 is 35.0 Å². The molecule has 2 aromatic carbocycles. The first-order chi connectivity index (χ1) is 20.7. The number of aromatic nitrogens is 4. The van der Waals surface area contributed by atoms with Crippen molar-refractivity contribution in [2.24, 2.45) is 0 Å². The molecule has 0 radical (unpaired) electrons. The van der Waals surface area contributed by atoms with Gasteiger partial charge in [0.15, 0.2) is 0 Å². The number of thioether (sulfide) groups is 1. The van der Waals surface area contributed by atoms with Gasteiger partial charge in [-0.15, -0.1) is 5.10 Å². The number of carbonyl (C=O) groups is 1. The number of rotatable bonds is 10. The Morgan fingerprint density at radius 1 is 1.14 bits per heavy atom. The zero-order valence-corrected chi connectivity index (χ0v) is 25.3. The number of hydrogen-bond acceptors (Lipinski definition) is 8. The number of fused-ring (bicyclic) bond motifs is 1. The third kappa shape index (κ3) is 6.68. The average molecular weight is 648 g/mol. The van der Waals surface area contributed by atoms with Gasteiger partial charge in [0.1, 0.15) is 17.7 Å². The number of aliphatic hydroxyl groups is 1. The van der Waals surface area contributed by atoms with Crippen LogP contribution in [0.2, 0.25) is 10.0 Å². The number of pyridine rings is 1. The Morgan fingerprint density at radius 2 is 1.91 bits per heavy atom. The molecule has 1 atom stereocenters. The van der Waals surface area contributed by atoms with Crippen molar-refractivity contribution in [2.45, 2.75) is 36.7 Å². The zero-order valence-electron chi connectivity index (χ0n) is 23.0. The van der Waals surface area contributed by atoms with Crippen molar-refractivity contribution in [1.82, 2.24) is 24.2 Å². The fraction of sp³-hybridized carbons (Fsp3) is 0.379. The van der Waals surface area contributed by atoms with Gasteiger partial charge in [0.2, 0.25) is 10.6 Å². The van der Waals surface area contributed by atoms with E-state index in [0.717, 1.165) is 18.4 Å². The van der Waals surface area contributed by atoms with E-state index < -0.39 is 23.3 Å². The summed E-state index contributed by atoms with van der Waals surface area (Å²) in [5.74, 6) is -1.44. The van der Waals surface area contributed by atoms with E-state index in [-0.39, 0.29) is 17.0 Å². The molecular weight excluding hydrogens is 618 g/mol. The molecule has 6 rings (SSSR count). The van der Waals surface area contributed by atoms with E-state index in [2.05, 4.69) is 15.0 Å². The second-order valence-electron chi connectivity index (χ2n) is 10.8. The number of halogens is 3. The average Bonchev–Trinajstić information content (AvgIpc) is 3.72. The minimum absolute atomic E-state index is 0.0837. The summed E-state index contributed by atoms with van der Waals surface area (Å²) in [6, 6.07) is 8.26. The van der Waals surface area contributed by atoms with Gasteiger partial charge in [0.05, 0.1) is 23.9 Å². The second kappa shape index (κ2) is 12.4.